The standard InChI is InChI=1S/C29H30Cl2N6O3/c1-37-13-17(14-37)15-40-20-7-6-18(22(32)11-20)9-19-10-23(35-16-34-19)21-5-4-8-33-29(21)36-28-26(30)24(38-2)12-25(39-3)27(28)31/h4-8,10-12,16-17H,9,13-15,32H2,1-3H3,(H,33,36). The molecule has 4 aromatic rings. The number of halogens is 2. The summed E-state index contributed by atoms with van der Waals surface area (Å²) < 4.78 is 16.7. The Hall–Kier alpha value is -3.79. The molecule has 0 atom stereocenters. The number of ether oxygens (including phenoxy) is 3. The van der Waals surface area contributed by atoms with Crippen LogP contribution in [0.1, 0.15) is 11.3 Å². The number of nitrogens with zero attached hydrogens (tertiary/aromatic N) is 4. The van der Waals surface area contributed by atoms with Gasteiger partial charge in [-0.1, -0.05) is 29.3 Å². The lowest BCUT2D eigenvalue weighted by Crippen LogP contribution is -2.46. The Bertz CT molecular complexity index is 1490. The maximum absolute atomic E-state index is 6.58. The predicted molar refractivity (Wildman–Crippen MR) is 158 cm³/mol. The maximum Gasteiger partial charge on any atom is 0.143 e. The molecule has 0 saturated carbocycles. The van der Waals surface area contributed by atoms with E-state index in [1.807, 2.05) is 36.4 Å². The van der Waals surface area contributed by atoms with E-state index in [1.54, 1.807) is 12.3 Å². The number of methoxy groups -OCH3 is 2. The number of pyridine rings is 1. The summed E-state index contributed by atoms with van der Waals surface area (Å²) in [6.45, 7) is 2.82. The third kappa shape index (κ3) is 6.01. The van der Waals surface area contributed by atoms with Crippen LogP contribution in [0.3, 0.4) is 0 Å². The summed E-state index contributed by atoms with van der Waals surface area (Å²) in [4.78, 5) is 15.8. The van der Waals surface area contributed by atoms with E-state index in [4.69, 9.17) is 43.1 Å². The third-order valence-electron chi connectivity index (χ3n) is 6.74. The second-order valence-corrected chi connectivity index (χ2v) is 10.4. The molecule has 0 bridgehead atoms. The van der Waals surface area contributed by atoms with Crippen molar-refractivity contribution in [2.45, 2.75) is 6.42 Å². The third-order valence-corrected chi connectivity index (χ3v) is 7.49. The van der Waals surface area contributed by atoms with Crippen LogP contribution in [0.4, 0.5) is 17.2 Å². The van der Waals surface area contributed by atoms with E-state index in [-0.39, 0.29) is 0 Å². The Labute approximate surface area is 243 Å². The van der Waals surface area contributed by atoms with Crippen molar-refractivity contribution >= 4 is 40.4 Å². The Morgan fingerprint density at radius 2 is 1.75 bits per heavy atom. The number of likely N-dealkylation sites (tertiary alicyclic amines) is 1. The molecule has 40 heavy (non-hydrogen) atoms. The number of benzene rings is 2. The number of aromatic nitrogens is 3. The van der Waals surface area contributed by atoms with Gasteiger partial charge in [-0.2, -0.15) is 0 Å². The number of anilines is 3. The lowest BCUT2D eigenvalue weighted by atomic mass is 10.0. The van der Waals surface area contributed by atoms with Gasteiger partial charge < -0.3 is 30.2 Å². The van der Waals surface area contributed by atoms with Gasteiger partial charge >= 0.3 is 0 Å². The highest BCUT2D eigenvalue weighted by atomic mass is 35.5. The molecule has 2 aromatic carbocycles. The maximum atomic E-state index is 6.58. The first-order valence-electron chi connectivity index (χ1n) is 12.7. The first-order valence-corrected chi connectivity index (χ1v) is 13.4. The molecule has 0 unspecified atom stereocenters. The molecule has 0 aliphatic carbocycles. The molecule has 208 valence electrons. The second-order valence-electron chi connectivity index (χ2n) is 9.64. The Balaban J connectivity index is 1.36. The summed E-state index contributed by atoms with van der Waals surface area (Å²) >= 11 is 13.2. The average molecular weight is 582 g/mol. The predicted octanol–water partition coefficient (Wildman–Crippen LogP) is 5.72. The largest absolute Gasteiger partial charge is 0.495 e. The van der Waals surface area contributed by atoms with Gasteiger partial charge in [-0.25, -0.2) is 15.0 Å². The van der Waals surface area contributed by atoms with Gasteiger partial charge in [0.15, 0.2) is 0 Å². The summed E-state index contributed by atoms with van der Waals surface area (Å²) in [5, 5.41) is 3.84. The van der Waals surface area contributed by atoms with Gasteiger partial charge in [-0.05, 0) is 36.9 Å². The summed E-state index contributed by atoms with van der Waals surface area (Å²) in [5.74, 6) is 2.67. The van der Waals surface area contributed by atoms with Crippen molar-refractivity contribution < 1.29 is 14.2 Å². The molecular weight excluding hydrogens is 551 g/mol. The lowest BCUT2D eigenvalue weighted by molar-refractivity contribution is 0.0858. The molecule has 0 radical (unpaired) electrons. The molecule has 1 aliphatic rings. The highest BCUT2D eigenvalue weighted by Gasteiger charge is 2.24. The zero-order valence-electron chi connectivity index (χ0n) is 22.4. The SMILES string of the molecule is COc1cc(OC)c(Cl)c(Nc2ncccc2-c2cc(Cc3ccc(OCC4CN(C)C4)cc3N)ncn2)c1Cl. The van der Waals surface area contributed by atoms with Gasteiger partial charge in [0.05, 0.1) is 32.2 Å². The minimum atomic E-state index is 0.302. The van der Waals surface area contributed by atoms with E-state index >= 15 is 0 Å². The molecule has 2 aromatic heterocycles. The Morgan fingerprint density at radius 3 is 2.42 bits per heavy atom. The Morgan fingerprint density at radius 1 is 1.00 bits per heavy atom. The monoisotopic (exact) mass is 580 g/mol. The molecule has 1 fully saturated rings. The average Bonchev–Trinajstić information content (AvgIpc) is 2.94. The van der Waals surface area contributed by atoms with Gasteiger partial charge in [-0.15, -0.1) is 0 Å². The first kappa shape index (κ1) is 27.8. The van der Waals surface area contributed by atoms with Crippen LogP contribution < -0.4 is 25.3 Å². The molecule has 9 nitrogen and oxygen atoms in total. The fraction of sp³-hybridized carbons (Fsp3) is 0.276. The zero-order chi connectivity index (χ0) is 28.2. The van der Waals surface area contributed by atoms with E-state index in [0.29, 0.717) is 63.4 Å². The molecule has 3 N–H and O–H groups in total. The highest BCUT2D eigenvalue weighted by Crippen LogP contribution is 2.45. The van der Waals surface area contributed by atoms with Gasteiger partial charge in [0.25, 0.3) is 0 Å². The summed E-state index contributed by atoms with van der Waals surface area (Å²) in [6.07, 6.45) is 3.72. The van der Waals surface area contributed by atoms with Gasteiger partial charge in [-0.3, -0.25) is 0 Å². The number of nitrogens with one attached hydrogen (secondary N) is 1. The summed E-state index contributed by atoms with van der Waals surface area (Å²) in [5.41, 5.74) is 10.6. The van der Waals surface area contributed by atoms with Crippen molar-refractivity contribution in [3.05, 3.63) is 76.3 Å². The topological polar surface area (TPSA) is 108 Å². The van der Waals surface area contributed by atoms with Crippen LogP contribution in [0.25, 0.3) is 11.3 Å². The van der Waals surface area contributed by atoms with Crippen LogP contribution in [0.5, 0.6) is 17.2 Å². The number of nitrogens with two attached hydrogens (primary N) is 1. The van der Waals surface area contributed by atoms with E-state index in [0.717, 1.165) is 35.7 Å². The number of nitrogen functional groups attached to an aromatic ring is 1. The highest BCUT2D eigenvalue weighted by molar-refractivity contribution is 6.41. The van der Waals surface area contributed by atoms with Gasteiger partial charge in [0.2, 0.25) is 0 Å². The van der Waals surface area contributed by atoms with Crippen LogP contribution in [0, 0.1) is 5.92 Å². The zero-order valence-corrected chi connectivity index (χ0v) is 24.0. The van der Waals surface area contributed by atoms with Crippen molar-refractivity contribution in [3.63, 3.8) is 0 Å². The number of rotatable bonds is 10. The molecule has 5 rings (SSSR count). The molecule has 1 saturated heterocycles. The van der Waals surface area contributed by atoms with Crippen LogP contribution in [-0.2, 0) is 6.42 Å². The van der Waals surface area contributed by atoms with Gasteiger partial charge in [0, 0.05) is 60.7 Å². The second kappa shape index (κ2) is 12.2. The normalized spacial score (nSPS) is 13.5. The van der Waals surface area contributed by atoms with Crippen molar-refractivity contribution in [3.8, 4) is 28.5 Å². The summed E-state index contributed by atoms with van der Waals surface area (Å²) in [6, 6.07) is 13.1. The molecule has 11 heteroatoms. The molecule has 1 aliphatic heterocycles. The van der Waals surface area contributed by atoms with Crippen LogP contribution >= 0.6 is 23.2 Å². The van der Waals surface area contributed by atoms with Crippen molar-refractivity contribution in [2.75, 3.05) is 52.0 Å². The van der Waals surface area contributed by atoms with Crippen LogP contribution in [-0.4, -0.2) is 60.8 Å². The van der Waals surface area contributed by atoms with Crippen molar-refractivity contribution in [1.82, 2.24) is 19.9 Å². The van der Waals surface area contributed by atoms with E-state index in [9.17, 15) is 0 Å². The molecule has 0 amide bonds. The Kier molecular flexibility index (Phi) is 8.44. The van der Waals surface area contributed by atoms with E-state index in [2.05, 4.69) is 32.2 Å². The van der Waals surface area contributed by atoms with E-state index in [1.165, 1.54) is 20.5 Å². The molecular formula is C29H30Cl2N6O3. The smallest absolute Gasteiger partial charge is 0.143 e. The first-order chi connectivity index (χ1) is 19.4. The quantitative estimate of drug-likeness (QED) is 0.228. The fourth-order valence-corrected chi connectivity index (χ4v) is 5.23. The molecule has 0 spiro atoms. The molecule has 3 heterocycles. The number of hydrogen-bond donors (Lipinski definition) is 2. The van der Waals surface area contributed by atoms with Crippen LogP contribution in [0.15, 0.2) is 55.0 Å². The fourth-order valence-electron chi connectivity index (χ4n) is 4.63. The minimum absolute atomic E-state index is 0.302. The van der Waals surface area contributed by atoms with Crippen LogP contribution in [0.2, 0.25) is 10.0 Å². The summed E-state index contributed by atoms with van der Waals surface area (Å²) in [7, 11) is 5.15. The van der Waals surface area contributed by atoms with Crippen molar-refractivity contribution in [2.24, 2.45) is 5.92 Å². The van der Waals surface area contributed by atoms with E-state index < -0.39 is 0 Å². The van der Waals surface area contributed by atoms with Gasteiger partial charge in [0.1, 0.15) is 39.4 Å². The lowest BCUT2D eigenvalue weighted by Gasteiger charge is -2.35. The number of hydrogen-bond acceptors (Lipinski definition) is 9. The minimum Gasteiger partial charge on any atom is -0.495 e. The van der Waals surface area contributed by atoms with Crippen molar-refractivity contribution in [1.29, 1.82) is 0 Å².